The number of para-hydroxylation sites is 1. The van der Waals surface area contributed by atoms with Crippen LogP contribution in [0.15, 0.2) is 59.3 Å². The van der Waals surface area contributed by atoms with Crippen molar-refractivity contribution in [3.8, 4) is 22.9 Å². The Morgan fingerprint density at radius 1 is 1.00 bits per heavy atom. The average Bonchev–Trinajstić information content (AvgIpc) is 3.69. The zero-order chi connectivity index (χ0) is 36.2. The van der Waals surface area contributed by atoms with Gasteiger partial charge in [-0.25, -0.2) is 4.98 Å². The van der Waals surface area contributed by atoms with E-state index in [2.05, 4.69) is 52.1 Å². The standard InChI is InChI=1S/C38H49N9O5/c1-25(2)36(38(49)50)34-20-26(43-52-34)6-5-13-44-14-16-45(17-15-44)18-19-51-35-21-27(11-12-40-35)47-28-9-10-29(47)24-46(23-28)32-22-31(41-42-37(32)39)30-7-3-4-8-33(30)48/h3-4,7-8,11-12,20-22,25,28-29,36,48H,5-6,9-10,13-19,23-24H2,1-2H3,(H2,39,42)(H,49,50). The molecule has 4 N–H and O–H groups in total. The fraction of sp³-hybridized carbons (Fsp3) is 0.500. The van der Waals surface area contributed by atoms with E-state index in [-0.39, 0.29) is 11.7 Å². The molecule has 3 atom stereocenters. The highest BCUT2D eigenvalue weighted by molar-refractivity contribution is 5.76. The molecule has 3 fully saturated rings. The zero-order valence-electron chi connectivity index (χ0n) is 30.0. The van der Waals surface area contributed by atoms with Gasteiger partial charge in [0.15, 0.2) is 11.6 Å². The molecule has 14 heteroatoms. The van der Waals surface area contributed by atoms with Crippen molar-refractivity contribution in [1.82, 2.24) is 30.1 Å². The van der Waals surface area contributed by atoms with Gasteiger partial charge in [-0.05, 0) is 62.4 Å². The summed E-state index contributed by atoms with van der Waals surface area (Å²) >= 11 is 0. The summed E-state index contributed by atoms with van der Waals surface area (Å²) < 4.78 is 11.6. The number of ether oxygens (including phenoxy) is 1. The number of phenolic OH excluding ortho intramolecular Hbond substituents is 1. The molecular formula is C38H49N9O5. The quantitative estimate of drug-likeness (QED) is 0.171. The van der Waals surface area contributed by atoms with Gasteiger partial charge >= 0.3 is 5.97 Å². The number of aryl methyl sites for hydroxylation is 1. The highest BCUT2D eigenvalue weighted by atomic mass is 16.5. The van der Waals surface area contributed by atoms with Crippen molar-refractivity contribution in [2.24, 2.45) is 5.92 Å². The lowest BCUT2D eigenvalue weighted by atomic mass is 9.93. The van der Waals surface area contributed by atoms with Crippen LogP contribution in [0, 0.1) is 5.92 Å². The third-order valence-electron chi connectivity index (χ3n) is 10.7. The van der Waals surface area contributed by atoms with Gasteiger partial charge < -0.3 is 39.9 Å². The van der Waals surface area contributed by atoms with Gasteiger partial charge in [-0.3, -0.25) is 9.69 Å². The Kier molecular flexibility index (Phi) is 10.7. The van der Waals surface area contributed by atoms with E-state index in [0.29, 0.717) is 47.4 Å². The number of nitrogen functional groups attached to an aromatic ring is 1. The molecule has 0 amide bonds. The van der Waals surface area contributed by atoms with Crippen LogP contribution in [0.5, 0.6) is 11.6 Å². The second-order valence-corrected chi connectivity index (χ2v) is 14.5. The summed E-state index contributed by atoms with van der Waals surface area (Å²) in [6, 6.07) is 15.7. The van der Waals surface area contributed by atoms with Crippen LogP contribution >= 0.6 is 0 Å². The van der Waals surface area contributed by atoms with E-state index in [9.17, 15) is 15.0 Å². The number of phenols is 1. The Morgan fingerprint density at radius 2 is 1.73 bits per heavy atom. The van der Waals surface area contributed by atoms with E-state index in [1.165, 1.54) is 0 Å². The molecule has 3 aliphatic rings. The zero-order valence-corrected chi connectivity index (χ0v) is 30.0. The molecule has 14 nitrogen and oxygen atoms in total. The minimum atomic E-state index is -0.878. The number of carboxylic acids is 1. The van der Waals surface area contributed by atoms with Gasteiger partial charge in [0.2, 0.25) is 5.88 Å². The van der Waals surface area contributed by atoms with Gasteiger partial charge in [-0.1, -0.05) is 31.1 Å². The maximum atomic E-state index is 11.6. The maximum absolute atomic E-state index is 11.6. The molecule has 3 saturated heterocycles. The van der Waals surface area contributed by atoms with E-state index < -0.39 is 11.9 Å². The molecule has 0 spiro atoms. The number of benzene rings is 1. The molecule has 1 aromatic carbocycles. The predicted octanol–water partition coefficient (Wildman–Crippen LogP) is 4.13. The van der Waals surface area contributed by atoms with Crippen LogP contribution in [0.2, 0.25) is 0 Å². The Morgan fingerprint density at radius 3 is 2.44 bits per heavy atom. The fourth-order valence-corrected chi connectivity index (χ4v) is 7.95. The number of nitrogens with zero attached hydrogens (tertiary/aromatic N) is 8. The number of nitrogens with two attached hydrogens (primary N) is 1. The number of piperazine rings is 2. The van der Waals surface area contributed by atoms with Crippen molar-refractivity contribution in [1.29, 1.82) is 0 Å². The molecule has 0 aliphatic carbocycles. The lowest BCUT2D eigenvalue weighted by Gasteiger charge is -2.43. The summed E-state index contributed by atoms with van der Waals surface area (Å²) in [6.45, 7) is 11.7. The number of aliphatic carboxylic acids is 1. The van der Waals surface area contributed by atoms with Gasteiger partial charge in [0.25, 0.3) is 0 Å². The molecule has 276 valence electrons. The second-order valence-electron chi connectivity index (χ2n) is 14.5. The number of anilines is 3. The first-order valence-corrected chi connectivity index (χ1v) is 18.4. The Labute approximate surface area is 304 Å². The van der Waals surface area contributed by atoms with Crippen LogP contribution < -0.4 is 20.3 Å². The van der Waals surface area contributed by atoms with Crippen LogP contribution in [0.4, 0.5) is 17.2 Å². The fourth-order valence-electron chi connectivity index (χ4n) is 7.95. The number of rotatable bonds is 14. The second kappa shape index (κ2) is 15.7. The molecular weight excluding hydrogens is 662 g/mol. The van der Waals surface area contributed by atoms with E-state index in [1.807, 2.05) is 38.2 Å². The molecule has 3 aliphatic heterocycles. The molecule has 2 bridgehead atoms. The minimum absolute atomic E-state index is 0.0597. The number of carboxylic acid groups (broad SMARTS) is 1. The highest BCUT2D eigenvalue weighted by Gasteiger charge is 2.41. The third kappa shape index (κ3) is 7.92. The molecule has 0 radical (unpaired) electrons. The van der Waals surface area contributed by atoms with Crippen molar-refractivity contribution in [3.05, 3.63) is 66.2 Å². The van der Waals surface area contributed by atoms with Gasteiger partial charge in [-0.2, -0.15) is 0 Å². The Bertz CT molecular complexity index is 1810. The summed E-state index contributed by atoms with van der Waals surface area (Å²) in [5, 5.41) is 32.5. The molecule has 6 heterocycles. The lowest BCUT2D eigenvalue weighted by molar-refractivity contribution is -0.140. The first-order chi connectivity index (χ1) is 25.2. The number of hydrogen-bond donors (Lipinski definition) is 3. The number of pyridine rings is 1. The number of aromatic nitrogens is 4. The van der Waals surface area contributed by atoms with E-state index in [1.54, 1.807) is 18.2 Å². The van der Waals surface area contributed by atoms with Crippen LogP contribution in [0.25, 0.3) is 11.3 Å². The van der Waals surface area contributed by atoms with Gasteiger partial charge in [-0.15, -0.1) is 10.2 Å². The van der Waals surface area contributed by atoms with Crippen molar-refractivity contribution in [2.75, 3.05) is 74.5 Å². The van der Waals surface area contributed by atoms with Crippen LogP contribution in [0.3, 0.4) is 0 Å². The number of hydrogen-bond acceptors (Lipinski definition) is 13. The van der Waals surface area contributed by atoms with Crippen LogP contribution in [-0.4, -0.2) is 117 Å². The average molecular weight is 712 g/mol. The maximum Gasteiger partial charge on any atom is 0.314 e. The SMILES string of the molecule is CC(C)C(C(=O)O)c1cc(CCCN2CCN(CCOc3cc(N4C5CCC4CN(c4cc(-c6ccccc6O)nnc4N)C5)ccn3)CC2)no1. The molecule has 4 aromatic rings. The molecule has 52 heavy (non-hydrogen) atoms. The van der Waals surface area contributed by atoms with Gasteiger partial charge in [0, 0.05) is 87.5 Å². The summed E-state index contributed by atoms with van der Waals surface area (Å²) in [5.74, 6) is 0.0386. The summed E-state index contributed by atoms with van der Waals surface area (Å²) in [4.78, 5) is 25.9. The van der Waals surface area contributed by atoms with Crippen LogP contribution in [0.1, 0.15) is 50.5 Å². The molecule has 0 saturated carbocycles. The van der Waals surface area contributed by atoms with Gasteiger partial charge in [0.05, 0.1) is 17.1 Å². The molecule has 3 aromatic heterocycles. The lowest BCUT2D eigenvalue weighted by Crippen LogP contribution is -2.54. The topological polar surface area (TPSA) is 170 Å². The Balaban J connectivity index is 0.859. The number of aromatic hydroxyl groups is 1. The van der Waals surface area contributed by atoms with E-state index >= 15 is 0 Å². The van der Waals surface area contributed by atoms with E-state index in [0.717, 1.165) is 95.1 Å². The third-order valence-corrected chi connectivity index (χ3v) is 10.7. The minimum Gasteiger partial charge on any atom is -0.507 e. The predicted molar refractivity (Wildman–Crippen MR) is 198 cm³/mol. The Hall–Kier alpha value is -4.95. The summed E-state index contributed by atoms with van der Waals surface area (Å²) in [5.41, 5.74) is 10.4. The summed E-state index contributed by atoms with van der Waals surface area (Å²) in [7, 11) is 0. The molecule has 7 rings (SSSR count). The monoisotopic (exact) mass is 711 g/mol. The number of carbonyl (C=O) groups is 1. The molecule has 3 unspecified atom stereocenters. The van der Waals surface area contributed by atoms with Crippen molar-refractivity contribution in [3.63, 3.8) is 0 Å². The highest BCUT2D eigenvalue weighted by Crippen LogP contribution is 2.39. The van der Waals surface area contributed by atoms with Crippen molar-refractivity contribution < 1.29 is 24.3 Å². The smallest absolute Gasteiger partial charge is 0.314 e. The largest absolute Gasteiger partial charge is 0.507 e. The van der Waals surface area contributed by atoms with Gasteiger partial charge in [0.1, 0.15) is 18.3 Å². The van der Waals surface area contributed by atoms with Crippen molar-refractivity contribution >= 4 is 23.2 Å². The van der Waals surface area contributed by atoms with Crippen molar-refractivity contribution in [2.45, 2.75) is 57.5 Å². The first-order valence-electron chi connectivity index (χ1n) is 18.4. The van der Waals surface area contributed by atoms with Crippen LogP contribution in [-0.2, 0) is 11.2 Å². The first kappa shape index (κ1) is 35.5. The van der Waals surface area contributed by atoms with E-state index in [4.69, 9.17) is 15.0 Å². The number of fused-ring (bicyclic) bond motifs is 2. The normalized spacial score (nSPS) is 20.1. The summed E-state index contributed by atoms with van der Waals surface area (Å²) in [6.07, 6.45) is 5.73.